The Morgan fingerprint density at radius 1 is 1.50 bits per heavy atom. The van der Waals surface area contributed by atoms with Crippen molar-refractivity contribution in [3.8, 4) is 0 Å². The summed E-state index contributed by atoms with van der Waals surface area (Å²) in [5, 5.41) is 9.16. The van der Waals surface area contributed by atoms with E-state index in [0.29, 0.717) is 0 Å². The van der Waals surface area contributed by atoms with Crippen molar-refractivity contribution >= 4 is 5.71 Å². The van der Waals surface area contributed by atoms with Gasteiger partial charge in [0.15, 0.2) is 0 Å². The summed E-state index contributed by atoms with van der Waals surface area (Å²) >= 11 is 0. The van der Waals surface area contributed by atoms with E-state index in [2.05, 4.69) is 4.99 Å². The number of rotatable bonds is 1. The lowest BCUT2D eigenvalue weighted by atomic mass is 10.1. The third kappa shape index (κ3) is 2.07. The van der Waals surface area contributed by atoms with Gasteiger partial charge >= 0.3 is 0 Å². The lowest BCUT2D eigenvalue weighted by Crippen LogP contribution is -2.28. The van der Waals surface area contributed by atoms with Crippen LogP contribution in [0.1, 0.15) is 20.8 Å². The number of hydrogen-bond donors (Lipinski definition) is 1. The van der Waals surface area contributed by atoms with Crippen molar-refractivity contribution < 1.29 is 5.11 Å². The monoisotopic (exact) mass is 115 g/mol. The van der Waals surface area contributed by atoms with Crippen molar-refractivity contribution in [2.24, 2.45) is 4.99 Å². The molecule has 0 unspecified atom stereocenters. The molecular weight excluding hydrogens is 102 g/mol. The van der Waals surface area contributed by atoms with E-state index in [1.807, 2.05) is 0 Å². The van der Waals surface area contributed by atoms with Crippen molar-refractivity contribution in [3.05, 3.63) is 0 Å². The van der Waals surface area contributed by atoms with Gasteiger partial charge < -0.3 is 5.11 Å². The molecule has 0 saturated carbocycles. The highest BCUT2D eigenvalue weighted by Gasteiger charge is 2.14. The number of nitrogens with zero attached hydrogens (tertiary/aromatic N) is 1. The first-order chi connectivity index (χ1) is 3.48. The molecule has 8 heavy (non-hydrogen) atoms. The van der Waals surface area contributed by atoms with E-state index in [1.165, 1.54) is 0 Å². The normalized spacial score (nSPS) is 14.4. The lowest BCUT2D eigenvalue weighted by Gasteiger charge is -2.15. The van der Waals surface area contributed by atoms with Crippen molar-refractivity contribution in [2.75, 3.05) is 7.05 Å². The minimum Gasteiger partial charge on any atom is -0.385 e. The van der Waals surface area contributed by atoms with Gasteiger partial charge in [0.2, 0.25) is 0 Å². The third-order valence-corrected chi connectivity index (χ3v) is 1.22. The van der Waals surface area contributed by atoms with Gasteiger partial charge in [-0.2, -0.15) is 0 Å². The molecule has 0 aliphatic rings. The van der Waals surface area contributed by atoms with Gasteiger partial charge in [0.1, 0.15) is 0 Å². The summed E-state index contributed by atoms with van der Waals surface area (Å²) in [6.45, 7) is 5.24. The Balaban J connectivity index is 4.03. The van der Waals surface area contributed by atoms with Gasteiger partial charge in [-0.15, -0.1) is 0 Å². The minimum atomic E-state index is -0.741. The Morgan fingerprint density at radius 3 is 1.88 bits per heavy atom. The van der Waals surface area contributed by atoms with E-state index in [4.69, 9.17) is 5.11 Å². The number of hydrogen-bond acceptors (Lipinski definition) is 2. The molecule has 2 nitrogen and oxygen atoms in total. The van der Waals surface area contributed by atoms with Crippen molar-refractivity contribution in [2.45, 2.75) is 26.4 Å². The predicted molar refractivity (Wildman–Crippen MR) is 35.3 cm³/mol. The van der Waals surface area contributed by atoms with Crippen LogP contribution >= 0.6 is 0 Å². The van der Waals surface area contributed by atoms with Gasteiger partial charge in [0.05, 0.1) is 5.60 Å². The van der Waals surface area contributed by atoms with Crippen LogP contribution in [0.25, 0.3) is 0 Å². The molecule has 48 valence electrons. The van der Waals surface area contributed by atoms with Crippen LogP contribution in [0.3, 0.4) is 0 Å². The maximum Gasteiger partial charge on any atom is 0.0963 e. The van der Waals surface area contributed by atoms with Crippen molar-refractivity contribution in [3.63, 3.8) is 0 Å². The summed E-state index contributed by atoms with van der Waals surface area (Å²) in [5.74, 6) is 0. The van der Waals surface area contributed by atoms with Gasteiger partial charge in [0, 0.05) is 12.8 Å². The summed E-state index contributed by atoms with van der Waals surface area (Å²) in [5.41, 5.74) is 0.0203. The molecule has 2 heteroatoms. The highest BCUT2D eigenvalue weighted by atomic mass is 16.3. The Bertz CT molecular complexity index is 99.6. The average Bonchev–Trinajstić information content (AvgIpc) is 1.62. The highest BCUT2D eigenvalue weighted by molar-refractivity contribution is 5.89. The van der Waals surface area contributed by atoms with E-state index in [9.17, 15) is 0 Å². The molecule has 0 spiro atoms. The molecule has 0 aliphatic heterocycles. The zero-order valence-electron chi connectivity index (χ0n) is 5.89. The van der Waals surface area contributed by atoms with E-state index in [0.717, 1.165) is 5.71 Å². The van der Waals surface area contributed by atoms with Crippen LogP contribution < -0.4 is 0 Å². The molecule has 0 rings (SSSR count). The van der Waals surface area contributed by atoms with Crippen LogP contribution in [0.2, 0.25) is 0 Å². The van der Waals surface area contributed by atoms with Crippen LogP contribution in [0, 0.1) is 0 Å². The zero-order valence-corrected chi connectivity index (χ0v) is 5.89. The molecule has 0 heterocycles. The lowest BCUT2D eigenvalue weighted by molar-refractivity contribution is 0.153. The van der Waals surface area contributed by atoms with Gasteiger partial charge in [-0.1, -0.05) is 0 Å². The second kappa shape index (κ2) is 2.27. The molecule has 0 aliphatic carbocycles. The zero-order chi connectivity index (χ0) is 6.78. The SMILES string of the molecule is C/N=C(\C)C(C)(C)O. The molecule has 0 bridgehead atoms. The predicted octanol–water partition coefficient (Wildman–Crippen LogP) is 0.848. The summed E-state index contributed by atoms with van der Waals surface area (Å²) in [6, 6.07) is 0. The van der Waals surface area contributed by atoms with Crippen LogP contribution in [0.5, 0.6) is 0 Å². The molecule has 0 amide bonds. The molecule has 0 aromatic rings. The molecule has 0 saturated heterocycles. The van der Waals surface area contributed by atoms with Gasteiger partial charge in [-0.25, -0.2) is 0 Å². The van der Waals surface area contributed by atoms with Gasteiger partial charge in [-0.05, 0) is 20.8 Å². The van der Waals surface area contributed by atoms with E-state index in [1.54, 1.807) is 27.8 Å². The fourth-order valence-electron chi connectivity index (χ4n) is 0.274. The fourth-order valence-corrected chi connectivity index (χ4v) is 0.274. The molecule has 0 fully saturated rings. The van der Waals surface area contributed by atoms with Crippen molar-refractivity contribution in [1.82, 2.24) is 0 Å². The summed E-state index contributed by atoms with van der Waals surface area (Å²) < 4.78 is 0. The van der Waals surface area contributed by atoms with Crippen LogP contribution in [0.15, 0.2) is 4.99 Å². The maximum absolute atomic E-state index is 9.16. The number of aliphatic hydroxyl groups is 1. The second-order valence-electron chi connectivity index (χ2n) is 2.37. The largest absolute Gasteiger partial charge is 0.385 e. The van der Waals surface area contributed by atoms with Crippen molar-refractivity contribution in [1.29, 1.82) is 0 Å². The first kappa shape index (κ1) is 7.63. The molecule has 1 N–H and O–H groups in total. The summed E-state index contributed by atoms with van der Waals surface area (Å²) in [7, 11) is 1.67. The quantitative estimate of drug-likeness (QED) is 0.505. The Labute approximate surface area is 50.3 Å². The Morgan fingerprint density at radius 2 is 1.88 bits per heavy atom. The second-order valence-corrected chi connectivity index (χ2v) is 2.37. The first-order valence-electron chi connectivity index (χ1n) is 2.64. The molecular formula is C6H13NO. The van der Waals surface area contributed by atoms with E-state index >= 15 is 0 Å². The Kier molecular flexibility index (Phi) is 2.16. The number of aliphatic imine (C=N–C) groups is 1. The third-order valence-electron chi connectivity index (χ3n) is 1.22. The Hall–Kier alpha value is -0.370. The molecule has 0 radical (unpaired) electrons. The highest BCUT2D eigenvalue weighted by Crippen LogP contribution is 2.02. The summed E-state index contributed by atoms with van der Waals surface area (Å²) in [6.07, 6.45) is 0. The van der Waals surface area contributed by atoms with Crippen LogP contribution in [0.4, 0.5) is 0 Å². The molecule has 0 aromatic heterocycles. The summed E-state index contributed by atoms with van der Waals surface area (Å²) in [4.78, 5) is 3.83. The van der Waals surface area contributed by atoms with Gasteiger partial charge in [0.25, 0.3) is 0 Å². The topological polar surface area (TPSA) is 32.6 Å². The standard InChI is InChI=1S/C6H13NO/c1-5(7-4)6(2,3)8/h8H,1-4H3/b7-5+. The van der Waals surface area contributed by atoms with E-state index < -0.39 is 5.60 Å². The minimum absolute atomic E-state index is 0.741. The molecule has 0 atom stereocenters. The van der Waals surface area contributed by atoms with E-state index in [-0.39, 0.29) is 0 Å². The first-order valence-corrected chi connectivity index (χ1v) is 2.64. The smallest absolute Gasteiger partial charge is 0.0963 e. The van der Waals surface area contributed by atoms with Crippen LogP contribution in [-0.4, -0.2) is 23.5 Å². The maximum atomic E-state index is 9.16. The average molecular weight is 115 g/mol. The molecule has 0 aromatic carbocycles. The fraction of sp³-hybridized carbons (Fsp3) is 0.833. The van der Waals surface area contributed by atoms with Crippen LogP contribution in [-0.2, 0) is 0 Å². The van der Waals surface area contributed by atoms with Gasteiger partial charge in [-0.3, -0.25) is 4.99 Å².